The molecule has 1 aromatic heterocycles. The Morgan fingerprint density at radius 3 is 2.55 bits per heavy atom. The molecule has 0 aliphatic rings. The van der Waals surface area contributed by atoms with Crippen molar-refractivity contribution in [3.05, 3.63) is 18.3 Å². The number of nitrogens with one attached hydrogen (secondary N) is 1. The van der Waals surface area contributed by atoms with Crippen LogP contribution in [0.1, 0.15) is 34.6 Å². The third kappa shape index (κ3) is 4.67. The van der Waals surface area contributed by atoms with Crippen molar-refractivity contribution in [2.75, 3.05) is 17.6 Å². The van der Waals surface area contributed by atoms with Crippen LogP contribution in [0.25, 0.3) is 0 Å². The first kappa shape index (κ1) is 16.8. The zero-order valence-electron chi connectivity index (χ0n) is 12.8. The van der Waals surface area contributed by atoms with E-state index in [9.17, 15) is 8.42 Å². The maximum atomic E-state index is 12.0. The van der Waals surface area contributed by atoms with Gasteiger partial charge in [0.1, 0.15) is 0 Å². The fraction of sp³-hybridized carbons (Fsp3) is 0.643. The summed E-state index contributed by atoms with van der Waals surface area (Å²) in [6.07, 6.45) is 1.66. The van der Waals surface area contributed by atoms with Crippen LogP contribution in [0.5, 0.6) is 5.88 Å². The smallest absolute Gasteiger partial charge is 0.237 e. The van der Waals surface area contributed by atoms with Crippen molar-refractivity contribution in [2.24, 2.45) is 0 Å². The Labute approximate surface area is 121 Å². The molecule has 1 N–H and O–H groups in total. The number of nitrogens with zero attached hydrogens (tertiary/aromatic N) is 1. The van der Waals surface area contributed by atoms with E-state index in [-0.39, 0.29) is 11.9 Å². The lowest BCUT2D eigenvalue weighted by Gasteiger charge is -2.20. The van der Waals surface area contributed by atoms with E-state index in [1.54, 1.807) is 33.0 Å². The fourth-order valence-electron chi connectivity index (χ4n) is 1.47. The monoisotopic (exact) mass is 300 g/mol. The first-order valence-electron chi connectivity index (χ1n) is 6.71. The molecule has 1 heterocycles. The minimum atomic E-state index is -3.13. The van der Waals surface area contributed by atoms with E-state index in [0.29, 0.717) is 18.1 Å². The summed E-state index contributed by atoms with van der Waals surface area (Å²) in [6.45, 7) is 9.30. The highest BCUT2D eigenvalue weighted by Crippen LogP contribution is 2.22. The molecule has 20 heavy (non-hydrogen) atoms. The Morgan fingerprint density at radius 1 is 1.35 bits per heavy atom. The quantitative estimate of drug-likeness (QED) is 0.874. The summed E-state index contributed by atoms with van der Waals surface area (Å²) in [4.78, 5) is 4.15. The summed E-state index contributed by atoms with van der Waals surface area (Å²) in [5.74, 6) is 0.572. The molecular weight excluding hydrogens is 276 g/mol. The standard InChI is InChI=1S/C14H24N2O3S/c1-11(2)19-13-12(7-6-8-16-13)15-9-10-20(17,18)14(3,4)5/h6-8,11,15H,9-10H2,1-5H3. The van der Waals surface area contributed by atoms with Gasteiger partial charge in [0.15, 0.2) is 9.84 Å². The van der Waals surface area contributed by atoms with E-state index < -0.39 is 14.6 Å². The van der Waals surface area contributed by atoms with Crippen LogP contribution in [0.2, 0.25) is 0 Å². The maximum Gasteiger partial charge on any atom is 0.237 e. The number of hydrogen-bond acceptors (Lipinski definition) is 5. The van der Waals surface area contributed by atoms with Gasteiger partial charge in [-0.3, -0.25) is 0 Å². The van der Waals surface area contributed by atoms with Gasteiger partial charge in [-0.05, 0) is 46.8 Å². The number of aromatic nitrogens is 1. The van der Waals surface area contributed by atoms with E-state index in [2.05, 4.69) is 10.3 Å². The summed E-state index contributed by atoms with van der Waals surface area (Å²) >= 11 is 0. The second-order valence-corrected chi connectivity index (χ2v) is 8.74. The molecule has 0 saturated heterocycles. The molecule has 0 aliphatic carbocycles. The molecule has 0 aliphatic heterocycles. The predicted molar refractivity (Wildman–Crippen MR) is 82.0 cm³/mol. The zero-order valence-corrected chi connectivity index (χ0v) is 13.6. The van der Waals surface area contributed by atoms with Crippen molar-refractivity contribution < 1.29 is 13.2 Å². The van der Waals surface area contributed by atoms with Gasteiger partial charge < -0.3 is 10.1 Å². The van der Waals surface area contributed by atoms with E-state index in [1.807, 2.05) is 19.9 Å². The first-order chi connectivity index (χ1) is 9.13. The lowest BCUT2D eigenvalue weighted by Crippen LogP contribution is -2.33. The van der Waals surface area contributed by atoms with Crippen molar-refractivity contribution in [2.45, 2.75) is 45.5 Å². The molecule has 0 radical (unpaired) electrons. The van der Waals surface area contributed by atoms with Gasteiger partial charge in [-0.25, -0.2) is 13.4 Å². The Morgan fingerprint density at radius 2 is 2.00 bits per heavy atom. The number of pyridine rings is 1. The van der Waals surface area contributed by atoms with Crippen molar-refractivity contribution >= 4 is 15.5 Å². The van der Waals surface area contributed by atoms with Crippen LogP contribution in [0, 0.1) is 0 Å². The van der Waals surface area contributed by atoms with Crippen LogP contribution in [0.4, 0.5) is 5.69 Å². The average molecular weight is 300 g/mol. The third-order valence-electron chi connectivity index (χ3n) is 2.74. The lowest BCUT2D eigenvalue weighted by atomic mass is 10.3. The summed E-state index contributed by atoms with van der Waals surface area (Å²) in [5, 5.41) is 3.08. The molecule has 0 unspecified atom stereocenters. The lowest BCUT2D eigenvalue weighted by molar-refractivity contribution is 0.234. The van der Waals surface area contributed by atoms with Gasteiger partial charge >= 0.3 is 0 Å². The minimum absolute atomic E-state index is 0.0174. The number of sulfone groups is 1. The van der Waals surface area contributed by atoms with Gasteiger partial charge in [0.25, 0.3) is 0 Å². The topological polar surface area (TPSA) is 68.3 Å². The summed E-state index contributed by atoms with van der Waals surface area (Å²) in [7, 11) is -3.13. The molecule has 1 aromatic rings. The number of anilines is 1. The molecule has 0 amide bonds. The molecule has 1 rings (SSSR count). The molecule has 0 aromatic carbocycles. The van der Waals surface area contributed by atoms with E-state index in [0.717, 1.165) is 0 Å². The third-order valence-corrected chi connectivity index (χ3v) is 5.35. The van der Waals surface area contributed by atoms with Gasteiger partial charge in [0, 0.05) is 12.7 Å². The van der Waals surface area contributed by atoms with Crippen LogP contribution in [-0.4, -0.2) is 36.6 Å². The van der Waals surface area contributed by atoms with Crippen LogP contribution >= 0.6 is 0 Å². The van der Waals surface area contributed by atoms with Gasteiger partial charge in [-0.2, -0.15) is 0 Å². The molecule has 0 spiro atoms. The minimum Gasteiger partial charge on any atom is -0.473 e. The second kappa shape index (κ2) is 6.43. The maximum absolute atomic E-state index is 12.0. The summed E-state index contributed by atoms with van der Waals surface area (Å²) in [6, 6.07) is 3.61. The molecule has 5 nitrogen and oxygen atoms in total. The van der Waals surface area contributed by atoms with Gasteiger partial charge in [0.05, 0.1) is 22.3 Å². The number of hydrogen-bond donors (Lipinski definition) is 1. The van der Waals surface area contributed by atoms with Crippen molar-refractivity contribution in [1.29, 1.82) is 0 Å². The molecular formula is C14H24N2O3S. The summed E-state index contributed by atoms with van der Waals surface area (Å²) in [5.41, 5.74) is 0.713. The Kier molecular flexibility index (Phi) is 5.39. The Balaban J connectivity index is 2.68. The van der Waals surface area contributed by atoms with Crippen molar-refractivity contribution in [3.8, 4) is 5.88 Å². The van der Waals surface area contributed by atoms with E-state index in [1.165, 1.54) is 0 Å². The zero-order chi connectivity index (χ0) is 15.4. The van der Waals surface area contributed by atoms with E-state index in [4.69, 9.17) is 4.74 Å². The average Bonchev–Trinajstić information content (AvgIpc) is 2.29. The first-order valence-corrected chi connectivity index (χ1v) is 8.36. The van der Waals surface area contributed by atoms with Gasteiger partial charge in [0.2, 0.25) is 5.88 Å². The van der Waals surface area contributed by atoms with Crippen LogP contribution < -0.4 is 10.1 Å². The largest absolute Gasteiger partial charge is 0.473 e. The van der Waals surface area contributed by atoms with Crippen LogP contribution in [0.3, 0.4) is 0 Å². The predicted octanol–water partition coefficient (Wildman–Crippen LogP) is 2.49. The highest BCUT2D eigenvalue weighted by molar-refractivity contribution is 7.92. The molecule has 0 atom stereocenters. The fourth-order valence-corrected chi connectivity index (χ4v) is 2.45. The molecule has 114 valence electrons. The molecule has 0 fully saturated rings. The highest BCUT2D eigenvalue weighted by atomic mass is 32.2. The highest BCUT2D eigenvalue weighted by Gasteiger charge is 2.28. The van der Waals surface area contributed by atoms with Gasteiger partial charge in [-0.1, -0.05) is 0 Å². The normalized spacial score (nSPS) is 12.5. The summed E-state index contributed by atoms with van der Waals surface area (Å²) < 4.78 is 28.9. The SMILES string of the molecule is CC(C)Oc1ncccc1NCCS(=O)(=O)C(C)(C)C. The van der Waals surface area contributed by atoms with Gasteiger partial charge in [-0.15, -0.1) is 0 Å². The Hall–Kier alpha value is -1.30. The number of ether oxygens (including phenoxy) is 1. The number of rotatable bonds is 6. The van der Waals surface area contributed by atoms with Crippen molar-refractivity contribution in [1.82, 2.24) is 4.98 Å². The molecule has 0 bridgehead atoms. The second-order valence-electron chi connectivity index (χ2n) is 5.88. The van der Waals surface area contributed by atoms with Crippen LogP contribution in [-0.2, 0) is 9.84 Å². The van der Waals surface area contributed by atoms with E-state index >= 15 is 0 Å². The van der Waals surface area contributed by atoms with Crippen molar-refractivity contribution in [3.63, 3.8) is 0 Å². The molecule has 0 saturated carbocycles. The molecule has 6 heteroatoms. The Bertz CT molecular complexity index is 534. The van der Waals surface area contributed by atoms with Crippen LogP contribution in [0.15, 0.2) is 18.3 Å².